The summed E-state index contributed by atoms with van der Waals surface area (Å²) in [6.07, 6.45) is 6.60. The molecule has 0 heterocycles. The Morgan fingerprint density at radius 1 is 1.56 bits per heavy atom. The summed E-state index contributed by atoms with van der Waals surface area (Å²) in [5.41, 5.74) is 1.36. The molecule has 0 fully saturated rings. The molecule has 52 valence electrons. The van der Waals surface area contributed by atoms with Crippen molar-refractivity contribution in [1.82, 2.24) is 0 Å². The van der Waals surface area contributed by atoms with Crippen molar-refractivity contribution in [2.75, 3.05) is 0 Å². The first-order chi connectivity index (χ1) is 4.31. The van der Waals surface area contributed by atoms with Crippen molar-refractivity contribution in [2.45, 2.75) is 32.6 Å². The van der Waals surface area contributed by atoms with Gasteiger partial charge in [-0.05, 0) is 25.7 Å². The Kier molecular flexibility index (Phi) is 5.29. The van der Waals surface area contributed by atoms with E-state index in [2.05, 4.69) is 20.1 Å². The first kappa shape index (κ1) is 8.48. The van der Waals surface area contributed by atoms with Crippen LogP contribution in [0.3, 0.4) is 0 Å². The predicted molar refractivity (Wildman–Crippen MR) is 43.5 cm³/mol. The van der Waals surface area contributed by atoms with Gasteiger partial charge < -0.3 is 0 Å². The molecule has 0 unspecified atom stereocenters. The van der Waals surface area contributed by atoms with E-state index in [1.807, 2.05) is 6.08 Å². The number of hydrogen-bond acceptors (Lipinski definition) is 0. The maximum absolute atomic E-state index is 3.91. The molecular weight excluding hydrogens is 108 g/mol. The van der Waals surface area contributed by atoms with Gasteiger partial charge in [-0.25, -0.2) is 0 Å². The van der Waals surface area contributed by atoms with Crippen LogP contribution in [-0.4, -0.2) is 0 Å². The van der Waals surface area contributed by atoms with Gasteiger partial charge in [-0.1, -0.05) is 25.2 Å². The Balaban J connectivity index is 3.06. The summed E-state index contributed by atoms with van der Waals surface area (Å²) in [6, 6.07) is 0. The molecule has 0 aromatic carbocycles. The predicted octanol–water partition coefficient (Wildman–Crippen LogP) is 3.31. The first-order valence-electron chi connectivity index (χ1n) is 3.58. The maximum atomic E-state index is 3.91. The van der Waals surface area contributed by atoms with E-state index in [1.165, 1.54) is 18.4 Å². The molecule has 0 nitrogen and oxygen atoms in total. The van der Waals surface area contributed by atoms with E-state index in [9.17, 15) is 0 Å². The molecule has 0 aliphatic heterocycles. The minimum Gasteiger partial charge on any atom is -0.103 e. The molecule has 0 N–H and O–H groups in total. The third kappa shape index (κ3) is 5.35. The number of unbranched alkanes of at least 4 members (excludes halogenated alkanes) is 1. The minimum absolute atomic E-state index is 1.12. The smallest absolute Gasteiger partial charge is 0.0320 e. The van der Waals surface area contributed by atoms with Gasteiger partial charge in [-0.2, -0.15) is 0 Å². The average Bonchev–Trinajstić information content (AvgIpc) is 1.89. The van der Waals surface area contributed by atoms with Gasteiger partial charge in [0.1, 0.15) is 0 Å². The van der Waals surface area contributed by atoms with Crippen LogP contribution in [0.15, 0.2) is 24.8 Å². The lowest BCUT2D eigenvalue weighted by molar-refractivity contribution is 0.807. The van der Waals surface area contributed by atoms with Crippen LogP contribution < -0.4 is 0 Å². The molecule has 0 atom stereocenters. The second-order valence-electron chi connectivity index (χ2n) is 2.28. The summed E-state index contributed by atoms with van der Waals surface area (Å²) in [4.78, 5) is 0. The van der Waals surface area contributed by atoms with Gasteiger partial charge in [0.25, 0.3) is 0 Å². The third-order valence-corrected chi connectivity index (χ3v) is 1.44. The van der Waals surface area contributed by atoms with Crippen molar-refractivity contribution in [3.05, 3.63) is 24.8 Å². The number of allylic oxidation sites excluding steroid dienone is 2. The Hall–Kier alpha value is -0.520. The number of hydrogen-bond donors (Lipinski definition) is 0. The van der Waals surface area contributed by atoms with Crippen LogP contribution >= 0.6 is 0 Å². The topological polar surface area (TPSA) is 0 Å². The van der Waals surface area contributed by atoms with Crippen molar-refractivity contribution in [3.63, 3.8) is 0 Å². The molecule has 0 rings (SSSR count). The van der Waals surface area contributed by atoms with Gasteiger partial charge in [-0.3, -0.25) is 0 Å². The monoisotopic (exact) mass is 124 g/mol. The summed E-state index contributed by atoms with van der Waals surface area (Å²) < 4.78 is 0. The Bertz CT molecular complexity index is 90.2. The van der Waals surface area contributed by atoms with Crippen molar-refractivity contribution < 1.29 is 0 Å². The summed E-state index contributed by atoms with van der Waals surface area (Å²) in [5.74, 6) is 0. The van der Waals surface area contributed by atoms with Crippen molar-refractivity contribution >= 4 is 0 Å². The summed E-state index contributed by atoms with van der Waals surface area (Å²) in [7, 11) is 0. The molecule has 0 aromatic rings. The highest BCUT2D eigenvalue weighted by atomic mass is 13.9. The molecule has 0 aliphatic carbocycles. The van der Waals surface area contributed by atoms with Crippen LogP contribution in [0.25, 0.3) is 0 Å². The molecule has 0 aromatic heterocycles. The van der Waals surface area contributed by atoms with Crippen LogP contribution in [0.5, 0.6) is 0 Å². The molecule has 0 bridgehead atoms. The fourth-order valence-corrected chi connectivity index (χ4v) is 0.673. The van der Waals surface area contributed by atoms with Crippen LogP contribution in [-0.2, 0) is 0 Å². The summed E-state index contributed by atoms with van der Waals surface area (Å²) in [6.45, 7) is 9.71. The van der Waals surface area contributed by atoms with E-state index < -0.39 is 0 Å². The summed E-state index contributed by atoms with van der Waals surface area (Å²) in [5, 5.41) is 0. The Labute approximate surface area is 58.3 Å². The molecule has 0 saturated carbocycles. The van der Waals surface area contributed by atoms with E-state index in [1.54, 1.807) is 0 Å². The molecule has 0 radical (unpaired) electrons. The zero-order valence-corrected chi connectivity index (χ0v) is 6.32. The standard InChI is InChI=1S/C9H16/c1-4-6-7-8-9(3)5-2/h4H,1,3,5-8H2,2H3. The molecule has 9 heavy (non-hydrogen) atoms. The second kappa shape index (κ2) is 5.61. The lowest BCUT2D eigenvalue weighted by Gasteiger charge is -1.97. The SMILES string of the molecule is C=CCCCC(=C)CC. The third-order valence-electron chi connectivity index (χ3n) is 1.44. The van der Waals surface area contributed by atoms with Gasteiger partial charge in [0, 0.05) is 0 Å². The number of rotatable bonds is 5. The largest absolute Gasteiger partial charge is 0.103 e. The quantitative estimate of drug-likeness (QED) is 0.389. The van der Waals surface area contributed by atoms with E-state index in [-0.39, 0.29) is 0 Å². The molecule has 0 saturated heterocycles. The zero-order valence-electron chi connectivity index (χ0n) is 6.32. The Morgan fingerprint density at radius 3 is 2.67 bits per heavy atom. The Morgan fingerprint density at radius 2 is 2.22 bits per heavy atom. The second-order valence-corrected chi connectivity index (χ2v) is 2.28. The van der Waals surface area contributed by atoms with Crippen molar-refractivity contribution in [2.24, 2.45) is 0 Å². The zero-order chi connectivity index (χ0) is 7.11. The maximum Gasteiger partial charge on any atom is -0.0320 e. The normalized spacial score (nSPS) is 9.00. The van der Waals surface area contributed by atoms with E-state index in [0.717, 1.165) is 12.8 Å². The highest BCUT2D eigenvalue weighted by Gasteiger charge is 1.87. The highest BCUT2D eigenvalue weighted by molar-refractivity contribution is 4.92. The summed E-state index contributed by atoms with van der Waals surface area (Å²) >= 11 is 0. The van der Waals surface area contributed by atoms with Gasteiger partial charge in [0.2, 0.25) is 0 Å². The first-order valence-corrected chi connectivity index (χ1v) is 3.58. The molecule has 0 heteroatoms. The minimum atomic E-state index is 1.12. The lowest BCUT2D eigenvalue weighted by Crippen LogP contribution is -1.77. The highest BCUT2D eigenvalue weighted by Crippen LogP contribution is 2.07. The fraction of sp³-hybridized carbons (Fsp3) is 0.556. The average molecular weight is 124 g/mol. The van der Waals surface area contributed by atoms with Crippen LogP contribution in [0.1, 0.15) is 32.6 Å². The fourth-order valence-electron chi connectivity index (χ4n) is 0.673. The van der Waals surface area contributed by atoms with Crippen molar-refractivity contribution in [3.8, 4) is 0 Å². The van der Waals surface area contributed by atoms with Crippen LogP contribution in [0.4, 0.5) is 0 Å². The van der Waals surface area contributed by atoms with Crippen molar-refractivity contribution in [1.29, 1.82) is 0 Å². The van der Waals surface area contributed by atoms with Gasteiger partial charge in [0.05, 0.1) is 0 Å². The van der Waals surface area contributed by atoms with Crippen LogP contribution in [0, 0.1) is 0 Å². The molecular formula is C9H16. The molecule has 0 spiro atoms. The lowest BCUT2D eigenvalue weighted by atomic mass is 10.1. The van der Waals surface area contributed by atoms with E-state index in [0.29, 0.717) is 0 Å². The van der Waals surface area contributed by atoms with E-state index >= 15 is 0 Å². The van der Waals surface area contributed by atoms with Gasteiger partial charge in [0.15, 0.2) is 0 Å². The van der Waals surface area contributed by atoms with Gasteiger partial charge in [-0.15, -0.1) is 6.58 Å². The van der Waals surface area contributed by atoms with E-state index in [4.69, 9.17) is 0 Å². The van der Waals surface area contributed by atoms with Gasteiger partial charge >= 0.3 is 0 Å². The molecule has 0 aliphatic rings. The van der Waals surface area contributed by atoms with Crippen LogP contribution in [0.2, 0.25) is 0 Å². The molecule has 0 amide bonds.